The van der Waals surface area contributed by atoms with Crippen LogP contribution in [0.3, 0.4) is 0 Å². The van der Waals surface area contributed by atoms with Crippen molar-refractivity contribution in [3.8, 4) is 5.69 Å². The summed E-state index contributed by atoms with van der Waals surface area (Å²) in [6.07, 6.45) is 1.76. The fraction of sp³-hybridized carbons (Fsp3) is 0.0833. The topological polar surface area (TPSA) is 31.2 Å². The third-order valence-corrected chi connectivity index (χ3v) is 3.06. The van der Waals surface area contributed by atoms with Crippen LogP contribution < -0.4 is 0 Å². The first-order valence-electron chi connectivity index (χ1n) is 4.84. The Hall–Kier alpha value is -1.45. The van der Waals surface area contributed by atoms with Gasteiger partial charge in [0.15, 0.2) is 0 Å². The van der Waals surface area contributed by atoms with Gasteiger partial charge in [-0.2, -0.15) is 0 Å². The molecule has 0 fully saturated rings. The molecule has 2 aromatic rings. The largest absolute Gasteiger partial charge is 0.464 e. The minimum atomic E-state index is -0.402. The molecule has 2 rings (SSSR count). The van der Waals surface area contributed by atoms with Crippen LogP contribution in [0.4, 0.5) is 0 Å². The highest BCUT2D eigenvalue weighted by atomic mass is 35.5. The quantitative estimate of drug-likeness (QED) is 0.781. The highest BCUT2D eigenvalue weighted by molar-refractivity contribution is 6.42. The number of hydrogen-bond acceptors (Lipinski definition) is 2. The number of halogens is 2. The summed E-state index contributed by atoms with van der Waals surface area (Å²) in [6.45, 7) is 0. The predicted octanol–water partition coefficient (Wildman–Crippen LogP) is 3.57. The Labute approximate surface area is 109 Å². The number of nitrogens with zero attached hydrogens (tertiary/aromatic N) is 1. The van der Waals surface area contributed by atoms with E-state index in [0.29, 0.717) is 15.7 Å². The number of carbonyl (C=O) groups is 1. The number of benzene rings is 1. The van der Waals surface area contributed by atoms with E-state index in [0.717, 1.165) is 5.69 Å². The summed E-state index contributed by atoms with van der Waals surface area (Å²) in [5.41, 5.74) is 1.19. The van der Waals surface area contributed by atoms with Crippen molar-refractivity contribution in [1.29, 1.82) is 0 Å². The van der Waals surface area contributed by atoms with Crippen molar-refractivity contribution >= 4 is 29.2 Å². The SMILES string of the molecule is COC(=O)c1cccn1-c1ccc(Cl)c(Cl)c1. The first kappa shape index (κ1) is 12.0. The summed E-state index contributed by atoms with van der Waals surface area (Å²) in [5.74, 6) is -0.402. The second kappa shape index (κ2) is 4.82. The van der Waals surface area contributed by atoms with Gasteiger partial charge in [0.1, 0.15) is 5.69 Å². The van der Waals surface area contributed by atoms with Gasteiger partial charge in [0.2, 0.25) is 0 Å². The minimum absolute atomic E-state index is 0.402. The van der Waals surface area contributed by atoms with Crippen LogP contribution in [-0.4, -0.2) is 17.6 Å². The van der Waals surface area contributed by atoms with Crippen molar-refractivity contribution in [3.63, 3.8) is 0 Å². The molecule has 0 N–H and O–H groups in total. The van der Waals surface area contributed by atoms with Crippen LogP contribution in [0.1, 0.15) is 10.5 Å². The Bertz CT molecular complexity index is 563. The lowest BCUT2D eigenvalue weighted by Gasteiger charge is -2.08. The first-order chi connectivity index (χ1) is 8.13. The van der Waals surface area contributed by atoms with Crippen molar-refractivity contribution in [2.45, 2.75) is 0 Å². The number of hydrogen-bond donors (Lipinski definition) is 0. The number of rotatable bonds is 2. The molecule has 88 valence electrons. The maximum absolute atomic E-state index is 11.5. The third-order valence-electron chi connectivity index (χ3n) is 2.32. The van der Waals surface area contributed by atoms with Crippen LogP contribution in [-0.2, 0) is 4.74 Å². The van der Waals surface area contributed by atoms with Gasteiger partial charge in [-0.05, 0) is 30.3 Å². The van der Waals surface area contributed by atoms with E-state index in [1.807, 2.05) is 0 Å². The smallest absolute Gasteiger partial charge is 0.355 e. The standard InChI is InChI=1S/C12H9Cl2NO2/c1-17-12(16)11-3-2-6-15(11)8-4-5-9(13)10(14)7-8/h2-7H,1H3. The van der Waals surface area contributed by atoms with Crippen LogP contribution in [0.5, 0.6) is 0 Å². The molecule has 0 aliphatic heterocycles. The average Bonchev–Trinajstić information content (AvgIpc) is 2.80. The number of methoxy groups -OCH3 is 1. The van der Waals surface area contributed by atoms with Crippen LogP contribution in [0, 0.1) is 0 Å². The van der Waals surface area contributed by atoms with E-state index in [4.69, 9.17) is 27.9 Å². The Balaban J connectivity index is 2.50. The van der Waals surface area contributed by atoms with E-state index in [9.17, 15) is 4.79 Å². The minimum Gasteiger partial charge on any atom is -0.464 e. The lowest BCUT2D eigenvalue weighted by Crippen LogP contribution is -2.08. The zero-order chi connectivity index (χ0) is 12.4. The molecule has 0 bridgehead atoms. The van der Waals surface area contributed by atoms with Crippen molar-refractivity contribution in [2.75, 3.05) is 7.11 Å². The van der Waals surface area contributed by atoms with Crippen LogP contribution in [0.15, 0.2) is 36.5 Å². The molecule has 1 aromatic heterocycles. The number of ether oxygens (including phenoxy) is 1. The highest BCUT2D eigenvalue weighted by Crippen LogP contribution is 2.25. The summed E-state index contributed by atoms with van der Waals surface area (Å²) in [7, 11) is 1.34. The van der Waals surface area contributed by atoms with Crippen LogP contribution in [0.25, 0.3) is 5.69 Å². The van der Waals surface area contributed by atoms with Gasteiger partial charge in [-0.25, -0.2) is 4.79 Å². The summed E-state index contributed by atoms with van der Waals surface area (Å²) in [4.78, 5) is 11.5. The molecular formula is C12H9Cl2NO2. The maximum Gasteiger partial charge on any atom is 0.355 e. The van der Waals surface area contributed by atoms with Gasteiger partial charge >= 0.3 is 5.97 Å². The normalized spacial score (nSPS) is 10.3. The van der Waals surface area contributed by atoms with Gasteiger partial charge in [-0.1, -0.05) is 23.2 Å². The van der Waals surface area contributed by atoms with Crippen molar-refractivity contribution in [2.24, 2.45) is 0 Å². The Kier molecular flexibility index (Phi) is 3.41. The molecule has 0 aliphatic rings. The van der Waals surface area contributed by atoms with Crippen LogP contribution in [0.2, 0.25) is 10.0 Å². The number of carbonyl (C=O) groups excluding carboxylic acids is 1. The average molecular weight is 270 g/mol. The van der Waals surface area contributed by atoms with E-state index in [1.165, 1.54) is 7.11 Å². The number of aromatic nitrogens is 1. The highest BCUT2D eigenvalue weighted by Gasteiger charge is 2.12. The molecule has 0 saturated carbocycles. The second-order valence-electron chi connectivity index (χ2n) is 3.35. The van der Waals surface area contributed by atoms with E-state index in [1.54, 1.807) is 41.1 Å². The fourth-order valence-electron chi connectivity index (χ4n) is 1.51. The van der Waals surface area contributed by atoms with Crippen molar-refractivity contribution in [1.82, 2.24) is 4.57 Å². The molecule has 17 heavy (non-hydrogen) atoms. The van der Waals surface area contributed by atoms with Gasteiger partial charge in [-0.15, -0.1) is 0 Å². The summed E-state index contributed by atoms with van der Waals surface area (Å²) >= 11 is 11.8. The number of esters is 1. The van der Waals surface area contributed by atoms with E-state index in [-0.39, 0.29) is 0 Å². The van der Waals surface area contributed by atoms with Crippen molar-refractivity contribution in [3.05, 3.63) is 52.3 Å². The molecular weight excluding hydrogens is 261 g/mol. The van der Waals surface area contributed by atoms with E-state index < -0.39 is 5.97 Å². The first-order valence-corrected chi connectivity index (χ1v) is 5.60. The molecule has 0 saturated heterocycles. The molecule has 5 heteroatoms. The molecule has 1 heterocycles. The Morgan fingerprint density at radius 2 is 2.00 bits per heavy atom. The molecule has 0 atom stereocenters. The predicted molar refractivity (Wildman–Crippen MR) is 67.1 cm³/mol. The lowest BCUT2D eigenvalue weighted by atomic mass is 10.3. The van der Waals surface area contributed by atoms with Gasteiger partial charge in [-0.3, -0.25) is 0 Å². The Morgan fingerprint density at radius 1 is 1.24 bits per heavy atom. The molecule has 0 radical (unpaired) electrons. The van der Waals surface area contributed by atoms with Gasteiger partial charge < -0.3 is 9.30 Å². The van der Waals surface area contributed by atoms with Gasteiger partial charge in [0.05, 0.1) is 17.2 Å². The zero-order valence-corrected chi connectivity index (χ0v) is 10.5. The summed E-state index contributed by atoms with van der Waals surface area (Å²) in [6, 6.07) is 8.58. The van der Waals surface area contributed by atoms with Crippen LogP contribution >= 0.6 is 23.2 Å². The van der Waals surface area contributed by atoms with E-state index in [2.05, 4.69) is 0 Å². The third kappa shape index (κ3) is 2.30. The van der Waals surface area contributed by atoms with Gasteiger partial charge in [0, 0.05) is 11.9 Å². The summed E-state index contributed by atoms with van der Waals surface area (Å²) in [5, 5.41) is 0.913. The molecule has 0 aliphatic carbocycles. The maximum atomic E-state index is 11.5. The van der Waals surface area contributed by atoms with E-state index >= 15 is 0 Å². The lowest BCUT2D eigenvalue weighted by molar-refractivity contribution is 0.0591. The monoisotopic (exact) mass is 269 g/mol. The van der Waals surface area contributed by atoms with Crippen molar-refractivity contribution < 1.29 is 9.53 Å². The fourth-order valence-corrected chi connectivity index (χ4v) is 1.80. The molecule has 0 spiro atoms. The summed E-state index contributed by atoms with van der Waals surface area (Å²) < 4.78 is 6.38. The molecule has 0 unspecified atom stereocenters. The molecule has 1 aromatic carbocycles. The molecule has 0 amide bonds. The Morgan fingerprint density at radius 3 is 2.65 bits per heavy atom. The van der Waals surface area contributed by atoms with Gasteiger partial charge in [0.25, 0.3) is 0 Å². The zero-order valence-electron chi connectivity index (χ0n) is 8.98. The molecule has 3 nitrogen and oxygen atoms in total. The second-order valence-corrected chi connectivity index (χ2v) is 4.17.